The minimum absolute atomic E-state index is 0.756. The van der Waals surface area contributed by atoms with E-state index in [-0.39, 0.29) is 0 Å². The topological polar surface area (TPSA) is 9.23 Å². The summed E-state index contributed by atoms with van der Waals surface area (Å²) in [6, 6.07) is 8.01. The lowest BCUT2D eigenvalue weighted by molar-refractivity contribution is 0.316. The summed E-state index contributed by atoms with van der Waals surface area (Å²) in [4.78, 5) is 0. The SMILES string of the molecule is CCCOc1ccccc1C#C[Si](C)(C)C. The summed E-state index contributed by atoms with van der Waals surface area (Å²) in [6.45, 7) is 9.60. The van der Waals surface area contributed by atoms with Gasteiger partial charge in [-0.05, 0) is 18.6 Å². The molecule has 0 bridgehead atoms. The molecule has 0 heterocycles. The molecule has 0 saturated heterocycles. The fraction of sp³-hybridized carbons (Fsp3) is 0.429. The van der Waals surface area contributed by atoms with Crippen molar-refractivity contribution in [2.75, 3.05) is 6.61 Å². The van der Waals surface area contributed by atoms with Crippen molar-refractivity contribution in [3.63, 3.8) is 0 Å². The lowest BCUT2D eigenvalue weighted by atomic mass is 10.2. The van der Waals surface area contributed by atoms with E-state index < -0.39 is 8.07 Å². The van der Waals surface area contributed by atoms with Crippen molar-refractivity contribution in [1.82, 2.24) is 0 Å². The highest BCUT2D eigenvalue weighted by atomic mass is 28.3. The molecule has 0 aromatic heterocycles. The predicted octanol–water partition coefficient (Wildman–Crippen LogP) is 3.70. The highest BCUT2D eigenvalue weighted by Crippen LogP contribution is 2.17. The van der Waals surface area contributed by atoms with Crippen LogP contribution >= 0.6 is 0 Å². The Morgan fingerprint density at radius 1 is 1.19 bits per heavy atom. The van der Waals surface area contributed by atoms with E-state index in [2.05, 4.69) is 38.0 Å². The first kappa shape index (κ1) is 12.9. The van der Waals surface area contributed by atoms with Crippen LogP contribution in [0, 0.1) is 11.5 Å². The molecule has 1 aromatic rings. The molecular formula is C14H20OSi. The van der Waals surface area contributed by atoms with Gasteiger partial charge in [-0.1, -0.05) is 44.6 Å². The minimum Gasteiger partial charge on any atom is -0.492 e. The normalized spacial score (nSPS) is 10.5. The van der Waals surface area contributed by atoms with Gasteiger partial charge in [-0.15, -0.1) is 5.54 Å². The maximum Gasteiger partial charge on any atom is 0.134 e. The van der Waals surface area contributed by atoms with Gasteiger partial charge in [-0.2, -0.15) is 0 Å². The number of para-hydroxylation sites is 1. The van der Waals surface area contributed by atoms with E-state index in [0.717, 1.165) is 24.3 Å². The van der Waals surface area contributed by atoms with Crippen LogP contribution in [0.15, 0.2) is 24.3 Å². The van der Waals surface area contributed by atoms with E-state index in [4.69, 9.17) is 4.74 Å². The van der Waals surface area contributed by atoms with Crippen molar-refractivity contribution < 1.29 is 4.74 Å². The third-order valence-corrected chi connectivity index (χ3v) is 2.80. The summed E-state index contributed by atoms with van der Waals surface area (Å²) in [5.41, 5.74) is 4.38. The summed E-state index contributed by atoms with van der Waals surface area (Å²) >= 11 is 0. The average Bonchev–Trinajstić information content (AvgIpc) is 2.23. The molecule has 1 aromatic carbocycles. The molecule has 0 atom stereocenters. The number of hydrogen-bond donors (Lipinski definition) is 0. The van der Waals surface area contributed by atoms with Crippen molar-refractivity contribution >= 4 is 8.07 Å². The van der Waals surface area contributed by atoms with Gasteiger partial charge in [0.05, 0.1) is 12.2 Å². The van der Waals surface area contributed by atoms with Crippen LogP contribution in [0.2, 0.25) is 19.6 Å². The Bertz CT molecular complexity index is 393. The first-order valence-corrected chi connectivity index (χ1v) is 9.28. The predicted molar refractivity (Wildman–Crippen MR) is 72.5 cm³/mol. The Hall–Kier alpha value is -1.20. The Morgan fingerprint density at radius 2 is 1.88 bits per heavy atom. The molecule has 16 heavy (non-hydrogen) atoms. The molecule has 0 amide bonds. The van der Waals surface area contributed by atoms with E-state index in [0.29, 0.717) is 0 Å². The molecule has 1 nitrogen and oxygen atoms in total. The van der Waals surface area contributed by atoms with Gasteiger partial charge in [0.2, 0.25) is 0 Å². The van der Waals surface area contributed by atoms with Crippen LogP contribution in [0.1, 0.15) is 18.9 Å². The lowest BCUT2D eigenvalue weighted by Gasteiger charge is -2.07. The highest BCUT2D eigenvalue weighted by molar-refractivity contribution is 6.83. The van der Waals surface area contributed by atoms with Crippen LogP contribution < -0.4 is 4.74 Å². The largest absolute Gasteiger partial charge is 0.492 e. The summed E-state index contributed by atoms with van der Waals surface area (Å²) in [5.74, 6) is 4.16. The molecule has 0 fully saturated rings. The Kier molecular flexibility index (Phi) is 4.64. The molecule has 0 N–H and O–H groups in total. The molecule has 1 rings (SSSR count). The number of ether oxygens (including phenoxy) is 1. The van der Waals surface area contributed by atoms with Crippen LogP contribution in [-0.4, -0.2) is 14.7 Å². The fourth-order valence-corrected chi connectivity index (χ4v) is 1.67. The van der Waals surface area contributed by atoms with Gasteiger partial charge >= 0.3 is 0 Å². The van der Waals surface area contributed by atoms with Gasteiger partial charge in [-0.25, -0.2) is 0 Å². The average molecular weight is 232 g/mol. The smallest absolute Gasteiger partial charge is 0.134 e. The lowest BCUT2D eigenvalue weighted by Crippen LogP contribution is -2.16. The van der Waals surface area contributed by atoms with Gasteiger partial charge in [0.25, 0.3) is 0 Å². The monoisotopic (exact) mass is 232 g/mol. The van der Waals surface area contributed by atoms with Crippen molar-refractivity contribution in [1.29, 1.82) is 0 Å². The Balaban J connectivity index is 2.89. The Morgan fingerprint density at radius 3 is 2.50 bits per heavy atom. The van der Waals surface area contributed by atoms with Crippen LogP contribution in [0.3, 0.4) is 0 Å². The molecule has 0 radical (unpaired) electrons. The second-order valence-electron chi connectivity index (χ2n) is 4.84. The summed E-state index contributed by atoms with van der Waals surface area (Å²) in [7, 11) is -1.31. The molecular weight excluding hydrogens is 212 g/mol. The van der Waals surface area contributed by atoms with E-state index in [1.807, 2.05) is 24.3 Å². The molecule has 0 spiro atoms. The third-order valence-electron chi connectivity index (χ3n) is 1.92. The van der Waals surface area contributed by atoms with Gasteiger partial charge in [0.15, 0.2) is 0 Å². The van der Waals surface area contributed by atoms with Crippen LogP contribution in [0.25, 0.3) is 0 Å². The first-order chi connectivity index (χ1) is 7.53. The Labute approximate surface area is 99.8 Å². The third kappa shape index (κ3) is 4.54. The fourth-order valence-electron chi connectivity index (χ4n) is 1.16. The van der Waals surface area contributed by atoms with Crippen LogP contribution in [0.5, 0.6) is 5.75 Å². The van der Waals surface area contributed by atoms with Gasteiger partial charge in [-0.3, -0.25) is 0 Å². The van der Waals surface area contributed by atoms with E-state index >= 15 is 0 Å². The highest BCUT2D eigenvalue weighted by Gasteiger charge is 2.08. The van der Waals surface area contributed by atoms with Gasteiger partial charge in [0.1, 0.15) is 13.8 Å². The zero-order valence-electron chi connectivity index (χ0n) is 10.6. The molecule has 0 unspecified atom stereocenters. The molecule has 0 aliphatic carbocycles. The second kappa shape index (κ2) is 5.76. The van der Waals surface area contributed by atoms with E-state index in [1.165, 1.54) is 0 Å². The van der Waals surface area contributed by atoms with E-state index in [9.17, 15) is 0 Å². The first-order valence-electron chi connectivity index (χ1n) is 5.78. The van der Waals surface area contributed by atoms with Crippen molar-refractivity contribution in [2.24, 2.45) is 0 Å². The van der Waals surface area contributed by atoms with Gasteiger partial charge in [0, 0.05) is 0 Å². The maximum absolute atomic E-state index is 5.66. The second-order valence-corrected chi connectivity index (χ2v) is 9.59. The molecule has 2 heteroatoms. The maximum atomic E-state index is 5.66. The number of hydrogen-bond acceptors (Lipinski definition) is 1. The summed E-state index contributed by atoms with van der Waals surface area (Å²) in [5, 5.41) is 0. The van der Waals surface area contributed by atoms with E-state index in [1.54, 1.807) is 0 Å². The van der Waals surface area contributed by atoms with Crippen molar-refractivity contribution in [2.45, 2.75) is 33.0 Å². The zero-order chi connectivity index (χ0) is 12.0. The van der Waals surface area contributed by atoms with Gasteiger partial charge < -0.3 is 4.74 Å². The zero-order valence-corrected chi connectivity index (χ0v) is 11.6. The van der Waals surface area contributed by atoms with Crippen LogP contribution in [0.4, 0.5) is 0 Å². The quantitative estimate of drug-likeness (QED) is 0.570. The number of benzene rings is 1. The summed E-state index contributed by atoms with van der Waals surface area (Å²) in [6.07, 6.45) is 1.02. The summed E-state index contributed by atoms with van der Waals surface area (Å²) < 4.78 is 5.66. The van der Waals surface area contributed by atoms with Crippen LogP contribution in [-0.2, 0) is 0 Å². The minimum atomic E-state index is -1.31. The van der Waals surface area contributed by atoms with Crippen molar-refractivity contribution in [3.8, 4) is 17.2 Å². The van der Waals surface area contributed by atoms with Crippen molar-refractivity contribution in [3.05, 3.63) is 29.8 Å². The molecule has 0 saturated carbocycles. The number of rotatable bonds is 3. The molecule has 86 valence electrons. The standard InChI is InChI=1S/C14H20OSi/c1-5-11-15-14-9-7-6-8-13(14)10-12-16(2,3)4/h6-9H,5,11H2,1-4H3. The molecule has 0 aliphatic rings. The molecule has 0 aliphatic heterocycles.